The number of hydrogen-bond acceptors (Lipinski definition) is 4. The van der Waals surface area contributed by atoms with E-state index in [1.807, 2.05) is 0 Å². The van der Waals surface area contributed by atoms with Crippen LogP contribution in [0.2, 0.25) is 0 Å². The van der Waals surface area contributed by atoms with Gasteiger partial charge >= 0.3 is 6.03 Å². The lowest BCUT2D eigenvalue weighted by molar-refractivity contribution is 0.102. The van der Waals surface area contributed by atoms with Gasteiger partial charge in [-0.3, -0.25) is 4.79 Å². The Bertz CT molecular complexity index is 714. The number of carbonyl (C=O) groups excluding carboxylic acids is 2. The van der Waals surface area contributed by atoms with Gasteiger partial charge in [0.05, 0.1) is 14.2 Å². The van der Waals surface area contributed by atoms with E-state index in [0.29, 0.717) is 28.4 Å². The normalized spacial score (nSPS) is 9.83. The largest absolute Gasteiger partial charge is 0.493 e. The lowest BCUT2D eigenvalue weighted by Gasteiger charge is -2.11. The molecular formula is C16H17N3O4. The van der Waals surface area contributed by atoms with Crippen molar-refractivity contribution in [2.75, 3.05) is 24.9 Å². The van der Waals surface area contributed by atoms with Crippen LogP contribution in [-0.2, 0) is 0 Å². The number of anilines is 2. The molecule has 0 heterocycles. The van der Waals surface area contributed by atoms with E-state index in [1.165, 1.54) is 14.2 Å². The summed E-state index contributed by atoms with van der Waals surface area (Å²) in [6.07, 6.45) is 0. The third kappa shape index (κ3) is 4.13. The number of nitrogens with one attached hydrogen (secondary N) is 2. The topological polar surface area (TPSA) is 103 Å². The van der Waals surface area contributed by atoms with Crippen LogP contribution in [0.25, 0.3) is 0 Å². The van der Waals surface area contributed by atoms with Crippen LogP contribution in [0.5, 0.6) is 11.5 Å². The summed E-state index contributed by atoms with van der Waals surface area (Å²) in [7, 11) is 3.06. The summed E-state index contributed by atoms with van der Waals surface area (Å²) in [4.78, 5) is 23.0. The lowest BCUT2D eigenvalue weighted by Crippen LogP contribution is -2.19. The summed E-state index contributed by atoms with van der Waals surface area (Å²) in [5.74, 6) is 0.807. The van der Waals surface area contributed by atoms with Crippen molar-refractivity contribution < 1.29 is 19.1 Å². The maximum atomic E-state index is 12.2. The number of amides is 3. The van der Waals surface area contributed by atoms with Crippen LogP contribution < -0.4 is 25.8 Å². The molecule has 2 aromatic rings. The monoisotopic (exact) mass is 315 g/mol. The molecule has 0 saturated carbocycles. The van der Waals surface area contributed by atoms with E-state index >= 15 is 0 Å². The second-order valence-corrected chi connectivity index (χ2v) is 4.59. The second-order valence-electron chi connectivity index (χ2n) is 4.59. The number of nitrogens with two attached hydrogens (primary N) is 1. The standard InChI is InChI=1S/C16H17N3O4/c1-22-13-8-7-12(9-14(13)23-2)18-15(20)10-3-5-11(6-4-10)19-16(17)21/h3-9H,1-2H3,(H,18,20)(H3,17,19,21). The summed E-state index contributed by atoms with van der Waals surface area (Å²) < 4.78 is 10.3. The van der Waals surface area contributed by atoms with Crippen molar-refractivity contribution in [3.63, 3.8) is 0 Å². The molecule has 23 heavy (non-hydrogen) atoms. The summed E-state index contributed by atoms with van der Waals surface area (Å²) in [6, 6.07) is 10.8. The number of ether oxygens (including phenoxy) is 2. The molecule has 0 atom stereocenters. The minimum Gasteiger partial charge on any atom is -0.493 e. The van der Waals surface area contributed by atoms with Gasteiger partial charge in [0.15, 0.2) is 11.5 Å². The molecule has 0 aromatic heterocycles. The summed E-state index contributed by atoms with van der Waals surface area (Å²) >= 11 is 0. The first kappa shape index (κ1) is 16.2. The fourth-order valence-corrected chi connectivity index (χ4v) is 1.96. The van der Waals surface area contributed by atoms with Crippen molar-refractivity contribution in [3.8, 4) is 11.5 Å². The van der Waals surface area contributed by atoms with Gasteiger partial charge in [-0.15, -0.1) is 0 Å². The zero-order chi connectivity index (χ0) is 16.8. The summed E-state index contributed by atoms with van der Waals surface area (Å²) in [5.41, 5.74) is 6.55. The molecule has 0 aliphatic carbocycles. The summed E-state index contributed by atoms with van der Waals surface area (Å²) in [6.45, 7) is 0. The van der Waals surface area contributed by atoms with E-state index in [0.717, 1.165) is 0 Å². The number of methoxy groups -OCH3 is 2. The molecule has 120 valence electrons. The molecule has 7 nitrogen and oxygen atoms in total. The molecule has 0 bridgehead atoms. The molecule has 7 heteroatoms. The van der Waals surface area contributed by atoms with Gasteiger partial charge in [-0.25, -0.2) is 4.79 Å². The minimum atomic E-state index is -0.660. The molecule has 2 aromatic carbocycles. The molecule has 0 fully saturated rings. The van der Waals surface area contributed by atoms with Crippen molar-refractivity contribution in [1.82, 2.24) is 0 Å². The van der Waals surface area contributed by atoms with Gasteiger partial charge in [-0.2, -0.15) is 0 Å². The highest BCUT2D eigenvalue weighted by Gasteiger charge is 2.09. The first-order valence-electron chi connectivity index (χ1n) is 6.73. The van der Waals surface area contributed by atoms with Crippen LogP contribution in [0, 0.1) is 0 Å². The number of primary amides is 1. The molecule has 0 saturated heterocycles. The van der Waals surface area contributed by atoms with Crippen LogP contribution in [-0.4, -0.2) is 26.2 Å². The van der Waals surface area contributed by atoms with E-state index in [2.05, 4.69) is 10.6 Å². The number of benzene rings is 2. The Morgan fingerprint density at radius 3 is 2.04 bits per heavy atom. The van der Waals surface area contributed by atoms with E-state index < -0.39 is 6.03 Å². The molecule has 4 N–H and O–H groups in total. The highest BCUT2D eigenvalue weighted by Crippen LogP contribution is 2.29. The van der Waals surface area contributed by atoms with Gasteiger partial charge in [0.25, 0.3) is 5.91 Å². The zero-order valence-corrected chi connectivity index (χ0v) is 12.8. The minimum absolute atomic E-state index is 0.289. The lowest BCUT2D eigenvalue weighted by atomic mass is 10.2. The van der Waals surface area contributed by atoms with Crippen molar-refractivity contribution in [1.29, 1.82) is 0 Å². The molecule has 0 radical (unpaired) electrons. The average molecular weight is 315 g/mol. The number of rotatable bonds is 5. The van der Waals surface area contributed by atoms with E-state index in [-0.39, 0.29) is 5.91 Å². The fraction of sp³-hybridized carbons (Fsp3) is 0.125. The highest BCUT2D eigenvalue weighted by atomic mass is 16.5. The van der Waals surface area contributed by atoms with Gasteiger partial charge in [-0.1, -0.05) is 0 Å². The van der Waals surface area contributed by atoms with Crippen LogP contribution >= 0.6 is 0 Å². The SMILES string of the molecule is COc1ccc(NC(=O)c2ccc(NC(N)=O)cc2)cc1OC. The van der Waals surface area contributed by atoms with Crippen molar-refractivity contribution in [3.05, 3.63) is 48.0 Å². The van der Waals surface area contributed by atoms with Gasteiger partial charge in [0.2, 0.25) is 0 Å². The van der Waals surface area contributed by atoms with Gasteiger partial charge < -0.3 is 25.8 Å². The van der Waals surface area contributed by atoms with Crippen LogP contribution in [0.15, 0.2) is 42.5 Å². The smallest absolute Gasteiger partial charge is 0.316 e. The molecule has 0 aliphatic heterocycles. The molecular weight excluding hydrogens is 298 g/mol. The Morgan fingerprint density at radius 2 is 1.48 bits per heavy atom. The number of urea groups is 1. The first-order chi connectivity index (χ1) is 11.0. The Morgan fingerprint density at radius 1 is 0.870 bits per heavy atom. The van der Waals surface area contributed by atoms with E-state index in [4.69, 9.17) is 15.2 Å². The van der Waals surface area contributed by atoms with E-state index in [1.54, 1.807) is 42.5 Å². The molecule has 0 aliphatic rings. The third-order valence-electron chi connectivity index (χ3n) is 3.06. The predicted molar refractivity (Wildman–Crippen MR) is 87.1 cm³/mol. The molecule has 3 amide bonds. The van der Waals surface area contributed by atoms with Crippen molar-refractivity contribution in [2.45, 2.75) is 0 Å². The van der Waals surface area contributed by atoms with Crippen LogP contribution in [0.1, 0.15) is 10.4 Å². The Kier molecular flexibility index (Phi) is 5.03. The maximum Gasteiger partial charge on any atom is 0.316 e. The number of carbonyl (C=O) groups is 2. The molecule has 0 unspecified atom stereocenters. The second kappa shape index (κ2) is 7.17. The van der Waals surface area contributed by atoms with Crippen molar-refractivity contribution >= 4 is 23.3 Å². The Balaban J connectivity index is 2.11. The molecule has 0 spiro atoms. The average Bonchev–Trinajstić information content (AvgIpc) is 2.54. The maximum absolute atomic E-state index is 12.2. The quantitative estimate of drug-likeness (QED) is 0.788. The first-order valence-corrected chi connectivity index (χ1v) is 6.73. The van der Waals surface area contributed by atoms with Gasteiger partial charge in [0.1, 0.15) is 0 Å². The highest BCUT2D eigenvalue weighted by molar-refractivity contribution is 6.04. The zero-order valence-electron chi connectivity index (χ0n) is 12.8. The van der Waals surface area contributed by atoms with Gasteiger partial charge in [-0.05, 0) is 36.4 Å². The predicted octanol–water partition coefficient (Wildman–Crippen LogP) is 2.45. The number of hydrogen-bond donors (Lipinski definition) is 3. The Hall–Kier alpha value is -3.22. The Labute approximate surface area is 133 Å². The summed E-state index contributed by atoms with van der Waals surface area (Å²) in [5, 5.41) is 5.18. The van der Waals surface area contributed by atoms with Gasteiger partial charge in [0, 0.05) is 23.0 Å². The third-order valence-corrected chi connectivity index (χ3v) is 3.06. The van der Waals surface area contributed by atoms with Crippen molar-refractivity contribution in [2.24, 2.45) is 5.73 Å². The molecule has 2 rings (SSSR count). The van der Waals surface area contributed by atoms with Crippen LogP contribution in [0.3, 0.4) is 0 Å². The van der Waals surface area contributed by atoms with Crippen LogP contribution in [0.4, 0.5) is 16.2 Å². The fourth-order valence-electron chi connectivity index (χ4n) is 1.96. The van der Waals surface area contributed by atoms with E-state index in [9.17, 15) is 9.59 Å².